The fraction of sp³-hybridized carbons (Fsp3) is 0.231. The number of carbonyl (C=O) groups excluding carboxylic acids is 1. The molecular weight excluding hydrogens is 414 g/mol. The van der Waals surface area contributed by atoms with Crippen LogP contribution < -0.4 is 10.9 Å². The summed E-state index contributed by atoms with van der Waals surface area (Å²) in [7, 11) is 0. The maximum Gasteiger partial charge on any atom is 0.279 e. The molecule has 0 radical (unpaired) electrons. The number of aryl methyl sites for hydroxylation is 3. The summed E-state index contributed by atoms with van der Waals surface area (Å²) in [5, 5.41) is 7.40. The lowest BCUT2D eigenvalue weighted by molar-refractivity contribution is -0.115. The van der Waals surface area contributed by atoms with Crippen molar-refractivity contribution in [3.63, 3.8) is 0 Å². The second kappa shape index (κ2) is 8.86. The number of nitrogens with zero attached hydrogens (tertiary/aromatic N) is 4. The van der Waals surface area contributed by atoms with Crippen LogP contribution in [-0.2, 0) is 17.8 Å². The number of amides is 1. The van der Waals surface area contributed by atoms with Crippen LogP contribution in [0.3, 0.4) is 0 Å². The minimum atomic E-state index is -0.343. The second-order valence-electron chi connectivity index (χ2n) is 8.32. The van der Waals surface area contributed by atoms with E-state index in [1.807, 2.05) is 74.7 Å². The predicted molar refractivity (Wildman–Crippen MR) is 131 cm³/mol. The van der Waals surface area contributed by atoms with Crippen LogP contribution in [-0.4, -0.2) is 25.1 Å². The van der Waals surface area contributed by atoms with Gasteiger partial charge in [0.2, 0.25) is 11.7 Å². The number of benzene rings is 2. The molecule has 0 unspecified atom stereocenters. The lowest BCUT2D eigenvalue weighted by Crippen LogP contribution is -2.29. The van der Waals surface area contributed by atoms with Crippen LogP contribution in [0.5, 0.6) is 0 Å². The van der Waals surface area contributed by atoms with Gasteiger partial charge in [-0.05, 0) is 39.3 Å². The van der Waals surface area contributed by atoms with Gasteiger partial charge >= 0.3 is 0 Å². The monoisotopic (exact) mass is 441 g/mol. The first-order valence-corrected chi connectivity index (χ1v) is 10.8. The molecule has 0 aliphatic carbocycles. The number of hydrogen-bond donors (Lipinski definition) is 1. The third-order valence-corrected chi connectivity index (χ3v) is 5.74. The van der Waals surface area contributed by atoms with Gasteiger partial charge in [0.1, 0.15) is 0 Å². The topological polar surface area (TPSA) is 81.3 Å². The first-order valence-electron chi connectivity index (χ1n) is 10.8. The molecule has 0 saturated heterocycles. The van der Waals surface area contributed by atoms with E-state index in [4.69, 9.17) is 0 Å². The Bertz CT molecular complexity index is 1430. The number of rotatable bonds is 6. The normalized spacial score (nSPS) is 11.0. The van der Waals surface area contributed by atoms with E-state index in [2.05, 4.69) is 22.0 Å². The second-order valence-corrected chi connectivity index (χ2v) is 8.32. The number of nitrogens with one attached hydrogen (secondary N) is 1. The van der Waals surface area contributed by atoms with Crippen molar-refractivity contribution in [2.24, 2.45) is 0 Å². The Kier molecular flexibility index (Phi) is 5.96. The lowest BCUT2D eigenvalue weighted by atomic mass is 10.1. The summed E-state index contributed by atoms with van der Waals surface area (Å²) in [6, 6.07) is 13.6. The number of hydrogen-bond acceptors (Lipinski definition) is 4. The molecule has 7 nitrogen and oxygen atoms in total. The minimum Gasteiger partial charge on any atom is -0.326 e. The molecule has 4 aromatic rings. The number of aromatic nitrogens is 4. The zero-order valence-electron chi connectivity index (χ0n) is 19.3. The van der Waals surface area contributed by atoms with E-state index >= 15 is 0 Å². The summed E-state index contributed by atoms with van der Waals surface area (Å²) in [6.45, 7) is 12.0. The van der Waals surface area contributed by atoms with Crippen LogP contribution in [0.25, 0.3) is 17.2 Å². The SMILES string of the molecule is C=CCn1c(C)c(CC(=O)Nc2ccc(C)cc2C)c(=O)n2nc(-c3ccc(C)cc3)nc12. The summed E-state index contributed by atoms with van der Waals surface area (Å²) in [4.78, 5) is 30.8. The molecule has 0 saturated carbocycles. The molecule has 0 spiro atoms. The van der Waals surface area contributed by atoms with Gasteiger partial charge in [-0.15, -0.1) is 11.7 Å². The van der Waals surface area contributed by atoms with E-state index in [0.717, 1.165) is 27.9 Å². The number of carbonyl (C=O) groups is 1. The molecule has 0 aliphatic rings. The van der Waals surface area contributed by atoms with Gasteiger partial charge in [0.25, 0.3) is 5.56 Å². The van der Waals surface area contributed by atoms with Gasteiger partial charge in [-0.1, -0.05) is 53.6 Å². The predicted octanol–water partition coefficient (Wildman–Crippen LogP) is 4.16. The Hall–Kier alpha value is -4.00. The molecule has 33 heavy (non-hydrogen) atoms. The van der Waals surface area contributed by atoms with Crippen molar-refractivity contribution in [2.45, 2.75) is 40.7 Å². The standard InChI is InChI=1S/C26H27N5O2/c1-6-13-30-19(5)21(15-23(32)27-22-12-9-17(3)14-18(22)4)25(33)31-26(30)28-24(29-31)20-10-7-16(2)8-11-20/h6-12,14H,1,13,15H2,2-5H3,(H,27,32). The Morgan fingerprint density at radius 2 is 1.76 bits per heavy atom. The zero-order chi connectivity index (χ0) is 23.7. The third kappa shape index (κ3) is 4.35. The number of fused-ring (bicyclic) bond motifs is 1. The van der Waals surface area contributed by atoms with Gasteiger partial charge in [-0.3, -0.25) is 9.59 Å². The van der Waals surface area contributed by atoms with Crippen molar-refractivity contribution >= 4 is 17.4 Å². The van der Waals surface area contributed by atoms with E-state index in [9.17, 15) is 9.59 Å². The molecule has 0 atom stereocenters. The van der Waals surface area contributed by atoms with Crippen molar-refractivity contribution in [3.05, 3.63) is 93.4 Å². The minimum absolute atomic E-state index is 0.0647. The van der Waals surface area contributed by atoms with Gasteiger partial charge in [0.05, 0.1) is 6.42 Å². The van der Waals surface area contributed by atoms with Gasteiger partial charge in [-0.2, -0.15) is 9.50 Å². The molecule has 4 rings (SSSR count). The first kappa shape index (κ1) is 22.2. The van der Waals surface area contributed by atoms with E-state index in [1.165, 1.54) is 4.52 Å². The fourth-order valence-corrected chi connectivity index (χ4v) is 3.90. The molecule has 0 fully saturated rings. The third-order valence-electron chi connectivity index (χ3n) is 5.74. The molecule has 2 aromatic carbocycles. The summed E-state index contributed by atoms with van der Waals surface area (Å²) in [6.07, 6.45) is 1.67. The van der Waals surface area contributed by atoms with E-state index in [1.54, 1.807) is 6.08 Å². The highest BCUT2D eigenvalue weighted by Gasteiger charge is 2.20. The molecule has 2 heterocycles. The average molecular weight is 442 g/mol. The Balaban J connectivity index is 1.76. The largest absolute Gasteiger partial charge is 0.326 e. The summed E-state index contributed by atoms with van der Waals surface area (Å²) >= 11 is 0. The van der Waals surface area contributed by atoms with Crippen molar-refractivity contribution < 1.29 is 4.79 Å². The van der Waals surface area contributed by atoms with Crippen molar-refractivity contribution in [3.8, 4) is 11.4 Å². The van der Waals surface area contributed by atoms with E-state index < -0.39 is 0 Å². The van der Waals surface area contributed by atoms with Gasteiger partial charge < -0.3 is 9.88 Å². The molecule has 1 amide bonds. The summed E-state index contributed by atoms with van der Waals surface area (Å²) in [5.74, 6) is 0.623. The van der Waals surface area contributed by atoms with Crippen LogP contribution in [0.2, 0.25) is 0 Å². The van der Waals surface area contributed by atoms with Crippen molar-refractivity contribution in [2.75, 3.05) is 5.32 Å². The van der Waals surface area contributed by atoms with Crippen LogP contribution in [0.1, 0.15) is 27.9 Å². The maximum absolute atomic E-state index is 13.3. The van der Waals surface area contributed by atoms with Crippen LogP contribution in [0, 0.1) is 27.7 Å². The van der Waals surface area contributed by atoms with Crippen LogP contribution in [0.15, 0.2) is 59.9 Å². The summed E-state index contributed by atoms with van der Waals surface area (Å²) in [5.41, 5.74) is 5.48. The Morgan fingerprint density at radius 3 is 2.42 bits per heavy atom. The molecule has 7 heteroatoms. The highest BCUT2D eigenvalue weighted by Crippen LogP contribution is 2.19. The van der Waals surface area contributed by atoms with E-state index in [-0.39, 0.29) is 17.9 Å². The molecule has 1 N–H and O–H groups in total. The molecule has 0 aliphatic heterocycles. The molecule has 0 bridgehead atoms. The van der Waals surface area contributed by atoms with Crippen molar-refractivity contribution in [1.29, 1.82) is 0 Å². The highest BCUT2D eigenvalue weighted by molar-refractivity contribution is 5.93. The van der Waals surface area contributed by atoms with Gasteiger partial charge in [0, 0.05) is 29.1 Å². The molecule has 2 aromatic heterocycles. The van der Waals surface area contributed by atoms with Crippen LogP contribution in [0.4, 0.5) is 5.69 Å². The smallest absolute Gasteiger partial charge is 0.279 e. The first-order chi connectivity index (χ1) is 15.8. The van der Waals surface area contributed by atoms with E-state index in [0.29, 0.717) is 29.4 Å². The van der Waals surface area contributed by atoms with Gasteiger partial charge in [0.15, 0.2) is 5.82 Å². The summed E-state index contributed by atoms with van der Waals surface area (Å²) < 4.78 is 3.14. The molecule has 168 valence electrons. The molecular formula is C26H27N5O2. The number of allylic oxidation sites excluding steroid dienone is 1. The van der Waals surface area contributed by atoms with Crippen LogP contribution >= 0.6 is 0 Å². The Morgan fingerprint density at radius 1 is 1.06 bits per heavy atom. The maximum atomic E-state index is 13.3. The lowest BCUT2D eigenvalue weighted by Gasteiger charge is -2.14. The quantitative estimate of drug-likeness (QED) is 0.456. The highest BCUT2D eigenvalue weighted by atomic mass is 16.2. The number of anilines is 1. The average Bonchev–Trinajstić information content (AvgIpc) is 3.22. The van der Waals surface area contributed by atoms with Gasteiger partial charge in [-0.25, -0.2) is 0 Å². The fourth-order valence-electron chi connectivity index (χ4n) is 3.90. The van der Waals surface area contributed by atoms with Crippen molar-refractivity contribution in [1.82, 2.24) is 19.2 Å². The Labute approximate surface area is 192 Å². The zero-order valence-corrected chi connectivity index (χ0v) is 19.3.